The molecule has 13 nitrogen and oxygen atoms in total. The molecule has 1 aliphatic rings. The van der Waals surface area contributed by atoms with E-state index in [-0.39, 0.29) is 18.7 Å². The van der Waals surface area contributed by atoms with Gasteiger partial charge in [0.2, 0.25) is 23.6 Å². The normalized spacial score (nSPS) is 17.9. The van der Waals surface area contributed by atoms with Crippen LogP contribution in [0.4, 0.5) is 0 Å². The molecule has 0 aromatic rings. The van der Waals surface area contributed by atoms with Crippen LogP contribution in [0.25, 0.3) is 0 Å². The Labute approximate surface area is 195 Å². The Kier molecular flexibility index (Phi) is 12.2. The molecule has 0 aromatic heterocycles. The van der Waals surface area contributed by atoms with Crippen molar-refractivity contribution in [3.05, 3.63) is 0 Å². The third-order valence-corrected chi connectivity index (χ3v) is 5.56. The van der Waals surface area contributed by atoms with Crippen LogP contribution in [0.5, 0.6) is 0 Å². The molecule has 186 valence electrons. The summed E-state index contributed by atoms with van der Waals surface area (Å²) < 4.78 is 0. The summed E-state index contributed by atoms with van der Waals surface area (Å²) in [5.74, 6) is -5.22. The van der Waals surface area contributed by atoms with Gasteiger partial charge in [-0.3, -0.25) is 24.0 Å². The van der Waals surface area contributed by atoms with Crippen LogP contribution < -0.4 is 27.0 Å². The van der Waals surface area contributed by atoms with Crippen molar-refractivity contribution in [1.82, 2.24) is 21.3 Å². The molecule has 1 fully saturated rings. The Balaban J connectivity index is 2.93. The number of carbonyl (C=O) groups is 6. The van der Waals surface area contributed by atoms with Crippen LogP contribution in [0.15, 0.2) is 0 Å². The van der Waals surface area contributed by atoms with E-state index in [0.717, 1.165) is 6.42 Å². The largest absolute Gasteiger partial charge is 0.481 e. The number of thioether (sulfide) groups is 1. The van der Waals surface area contributed by atoms with Gasteiger partial charge >= 0.3 is 11.9 Å². The van der Waals surface area contributed by atoms with E-state index in [4.69, 9.17) is 10.8 Å². The van der Waals surface area contributed by atoms with Gasteiger partial charge in [-0.1, -0.05) is 0 Å². The maximum atomic E-state index is 12.9. The predicted octanol–water partition coefficient (Wildman–Crippen LogP) is -2.23. The molecule has 14 heteroatoms. The highest BCUT2D eigenvalue weighted by molar-refractivity contribution is 7.98. The van der Waals surface area contributed by atoms with Gasteiger partial charge in [0.05, 0.1) is 12.5 Å². The molecule has 1 rings (SSSR count). The highest BCUT2D eigenvalue weighted by Gasteiger charge is 2.32. The molecule has 0 spiro atoms. The minimum atomic E-state index is -1.64. The van der Waals surface area contributed by atoms with E-state index in [1.165, 1.54) is 11.8 Å². The van der Waals surface area contributed by atoms with Crippen molar-refractivity contribution in [3.8, 4) is 0 Å². The lowest BCUT2D eigenvalue weighted by atomic mass is 10.1. The second-order valence-corrected chi connectivity index (χ2v) is 8.54. The van der Waals surface area contributed by atoms with E-state index in [0.29, 0.717) is 18.7 Å². The fourth-order valence-electron chi connectivity index (χ4n) is 3.17. The second-order valence-electron chi connectivity index (χ2n) is 7.56. The fourth-order valence-corrected chi connectivity index (χ4v) is 3.64. The number of hydrogen-bond donors (Lipinski definition) is 7. The molecule has 1 aliphatic heterocycles. The molecule has 33 heavy (non-hydrogen) atoms. The van der Waals surface area contributed by atoms with Gasteiger partial charge in [-0.15, -0.1) is 0 Å². The Hall–Kier alpha value is -2.87. The van der Waals surface area contributed by atoms with Crippen LogP contribution in [0, 0.1) is 0 Å². The van der Waals surface area contributed by atoms with E-state index >= 15 is 0 Å². The van der Waals surface area contributed by atoms with Gasteiger partial charge in [-0.2, -0.15) is 11.8 Å². The van der Waals surface area contributed by atoms with Crippen LogP contribution in [-0.2, 0) is 28.8 Å². The lowest BCUT2D eigenvalue weighted by Crippen LogP contribution is -2.57. The van der Waals surface area contributed by atoms with E-state index in [9.17, 15) is 33.9 Å². The number of carboxylic acid groups (broad SMARTS) is 2. The van der Waals surface area contributed by atoms with Gasteiger partial charge in [0, 0.05) is 6.42 Å². The molecule has 0 aromatic carbocycles. The molecule has 0 bridgehead atoms. The Morgan fingerprint density at radius 2 is 1.61 bits per heavy atom. The summed E-state index contributed by atoms with van der Waals surface area (Å²) in [4.78, 5) is 71.3. The number of nitrogens with one attached hydrogen (secondary N) is 4. The highest BCUT2D eigenvalue weighted by atomic mass is 32.2. The molecule has 4 unspecified atom stereocenters. The lowest BCUT2D eigenvalue weighted by Gasteiger charge is -2.25. The third kappa shape index (κ3) is 10.5. The summed E-state index contributed by atoms with van der Waals surface area (Å²) >= 11 is 1.45. The summed E-state index contributed by atoms with van der Waals surface area (Å²) in [5, 5.41) is 28.3. The zero-order chi connectivity index (χ0) is 25.0. The average Bonchev–Trinajstić information content (AvgIpc) is 3.27. The van der Waals surface area contributed by atoms with Crippen LogP contribution in [-0.4, -0.2) is 88.5 Å². The Morgan fingerprint density at radius 1 is 1.00 bits per heavy atom. The lowest BCUT2D eigenvalue weighted by molar-refractivity contribution is -0.144. The zero-order valence-electron chi connectivity index (χ0n) is 18.3. The number of amides is 4. The maximum Gasteiger partial charge on any atom is 0.326 e. The second kappa shape index (κ2) is 14.3. The van der Waals surface area contributed by atoms with Crippen molar-refractivity contribution in [1.29, 1.82) is 0 Å². The number of hydrogen-bond acceptors (Lipinski definition) is 8. The van der Waals surface area contributed by atoms with E-state index in [1.807, 2.05) is 6.26 Å². The molecule has 4 amide bonds. The van der Waals surface area contributed by atoms with Crippen LogP contribution in [0.2, 0.25) is 0 Å². The molecule has 4 atom stereocenters. The van der Waals surface area contributed by atoms with E-state index < -0.39 is 66.7 Å². The third-order valence-electron chi connectivity index (χ3n) is 4.92. The standard InChI is InChI=1S/C19H31N5O8S/c1-33-8-6-12(23-16(28)10-3-2-7-21-10)18(30)22-11(4-5-15(26)27)17(29)24-13(19(31)32)9-14(20)25/h10-13,21H,2-9H2,1H3,(H2,20,25)(H,22,30)(H,23,28)(H,24,29)(H,26,27)(H,31,32). The first kappa shape index (κ1) is 28.2. The van der Waals surface area contributed by atoms with Gasteiger partial charge in [-0.25, -0.2) is 4.79 Å². The monoisotopic (exact) mass is 489 g/mol. The Morgan fingerprint density at radius 3 is 2.09 bits per heavy atom. The van der Waals surface area contributed by atoms with Gasteiger partial charge < -0.3 is 37.2 Å². The predicted molar refractivity (Wildman–Crippen MR) is 118 cm³/mol. The highest BCUT2D eigenvalue weighted by Crippen LogP contribution is 2.08. The van der Waals surface area contributed by atoms with Crippen molar-refractivity contribution < 1.29 is 39.0 Å². The number of carbonyl (C=O) groups excluding carboxylic acids is 4. The number of nitrogens with two attached hydrogens (primary N) is 1. The summed E-state index contributed by atoms with van der Waals surface area (Å²) in [7, 11) is 0. The summed E-state index contributed by atoms with van der Waals surface area (Å²) in [6.07, 6.45) is 2.04. The molecule has 0 aliphatic carbocycles. The first-order valence-corrected chi connectivity index (χ1v) is 11.8. The number of aliphatic carboxylic acids is 2. The van der Waals surface area contributed by atoms with E-state index in [2.05, 4.69) is 21.3 Å². The minimum Gasteiger partial charge on any atom is -0.481 e. The van der Waals surface area contributed by atoms with Crippen LogP contribution in [0.3, 0.4) is 0 Å². The van der Waals surface area contributed by atoms with Crippen molar-refractivity contribution in [2.75, 3.05) is 18.6 Å². The van der Waals surface area contributed by atoms with Crippen molar-refractivity contribution in [2.45, 2.75) is 62.7 Å². The minimum absolute atomic E-state index is 0.262. The summed E-state index contributed by atoms with van der Waals surface area (Å²) in [6, 6.07) is -4.44. The quantitative estimate of drug-likeness (QED) is 0.131. The molecule has 1 heterocycles. The number of primary amides is 1. The molecular weight excluding hydrogens is 458 g/mol. The van der Waals surface area contributed by atoms with Crippen LogP contribution in [0.1, 0.15) is 38.5 Å². The number of rotatable bonds is 15. The van der Waals surface area contributed by atoms with E-state index in [1.54, 1.807) is 0 Å². The number of carboxylic acids is 2. The first-order chi connectivity index (χ1) is 15.5. The van der Waals surface area contributed by atoms with Crippen molar-refractivity contribution in [3.63, 3.8) is 0 Å². The average molecular weight is 490 g/mol. The summed E-state index contributed by atoms with van der Waals surface area (Å²) in [5.41, 5.74) is 5.00. The Bertz CT molecular complexity index is 744. The van der Waals surface area contributed by atoms with Gasteiger partial charge in [0.25, 0.3) is 0 Å². The molecule has 0 saturated carbocycles. The molecule has 8 N–H and O–H groups in total. The first-order valence-electron chi connectivity index (χ1n) is 10.4. The SMILES string of the molecule is CSCCC(NC(=O)C1CCCN1)C(=O)NC(CCC(=O)O)C(=O)NC(CC(N)=O)C(=O)O. The molecule has 1 saturated heterocycles. The molecular formula is C19H31N5O8S. The van der Waals surface area contributed by atoms with Gasteiger partial charge in [0.15, 0.2) is 0 Å². The summed E-state index contributed by atoms with van der Waals surface area (Å²) in [6.45, 7) is 0.688. The maximum absolute atomic E-state index is 12.9. The van der Waals surface area contributed by atoms with Crippen molar-refractivity contribution >= 4 is 47.3 Å². The fraction of sp³-hybridized carbons (Fsp3) is 0.684. The van der Waals surface area contributed by atoms with Crippen LogP contribution >= 0.6 is 11.8 Å². The van der Waals surface area contributed by atoms with Gasteiger partial charge in [-0.05, 0) is 44.2 Å². The smallest absolute Gasteiger partial charge is 0.326 e. The molecule has 0 radical (unpaired) electrons. The topological polar surface area (TPSA) is 217 Å². The van der Waals surface area contributed by atoms with Gasteiger partial charge in [0.1, 0.15) is 18.1 Å². The zero-order valence-corrected chi connectivity index (χ0v) is 19.1. The van der Waals surface area contributed by atoms with Crippen molar-refractivity contribution in [2.24, 2.45) is 5.73 Å².